The molecule has 1 N–H and O–H groups in total. The van der Waals surface area contributed by atoms with Gasteiger partial charge in [-0.15, -0.1) is 0 Å². The molecule has 0 aromatic heterocycles. The van der Waals surface area contributed by atoms with Gasteiger partial charge in [0.2, 0.25) is 0 Å². The Balaban J connectivity index is 2.19. The third kappa shape index (κ3) is 2.43. The molecule has 2 heteroatoms. The Bertz CT molecular complexity index is 304. The molecule has 1 saturated carbocycles. The second kappa shape index (κ2) is 5.44. The van der Waals surface area contributed by atoms with Gasteiger partial charge in [-0.3, -0.25) is 0 Å². The van der Waals surface area contributed by atoms with Crippen molar-refractivity contribution in [2.75, 3.05) is 13.2 Å². The van der Waals surface area contributed by atoms with Gasteiger partial charge in [-0.05, 0) is 18.4 Å². The van der Waals surface area contributed by atoms with Crippen molar-refractivity contribution in [3.8, 4) is 0 Å². The first-order chi connectivity index (χ1) is 7.87. The molecule has 0 atom stereocenters. The summed E-state index contributed by atoms with van der Waals surface area (Å²) in [6.07, 6.45) is 6.07. The maximum Gasteiger partial charge on any atom is 0.102 e. The summed E-state index contributed by atoms with van der Waals surface area (Å²) in [5.74, 6) is 0. The predicted molar refractivity (Wildman–Crippen MR) is 65.2 cm³/mol. The summed E-state index contributed by atoms with van der Waals surface area (Å²) in [6.45, 7) is 0.184. The van der Waals surface area contributed by atoms with Crippen LogP contribution in [0.15, 0.2) is 30.3 Å². The van der Waals surface area contributed by atoms with Crippen molar-refractivity contribution in [1.29, 1.82) is 0 Å². The summed E-state index contributed by atoms with van der Waals surface area (Å²) < 4.78 is 12.4. The highest BCUT2D eigenvalue weighted by molar-refractivity contribution is 5.25. The van der Waals surface area contributed by atoms with Gasteiger partial charge in [-0.2, -0.15) is 0 Å². The fraction of sp³-hybridized carbons (Fsp3) is 0.571. The fourth-order valence-electron chi connectivity index (χ4n) is 2.77. The van der Waals surface area contributed by atoms with E-state index in [0.29, 0.717) is 6.54 Å². The summed E-state index contributed by atoms with van der Waals surface area (Å²) in [5, 5.41) is 3.43. The first-order valence-corrected chi connectivity index (χ1v) is 6.24. The molecule has 88 valence electrons. The highest BCUT2D eigenvalue weighted by Gasteiger charge is 2.32. The van der Waals surface area contributed by atoms with Crippen LogP contribution in [0.25, 0.3) is 0 Å². The molecule has 1 aliphatic carbocycles. The molecule has 0 radical (unpaired) electrons. The standard InChI is InChI=1S/C14H20FN/c15-11-12-16-14(9-5-2-6-10-14)13-7-3-1-4-8-13/h1,3-4,7-8,16H,2,5-6,9-12H2. The van der Waals surface area contributed by atoms with Gasteiger partial charge >= 0.3 is 0 Å². The van der Waals surface area contributed by atoms with E-state index < -0.39 is 0 Å². The summed E-state index contributed by atoms with van der Waals surface area (Å²) in [4.78, 5) is 0. The number of rotatable bonds is 4. The van der Waals surface area contributed by atoms with Crippen molar-refractivity contribution in [1.82, 2.24) is 5.32 Å². The summed E-state index contributed by atoms with van der Waals surface area (Å²) in [6, 6.07) is 10.5. The minimum absolute atomic E-state index is 0.0333. The van der Waals surface area contributed by atoms with E-state index in [1.807, 2.05) is 6.07 Å². The topological polar surface area (TPSA) is 12.0 Å². The lowest BCUT2D eigenvalue weighted by molar-refractivity contribution is 0.227. The van der Waals surface area contributed by atoms with Gasteiger partial charge in [0.05, 0.1) is 0 Å². The number of alkyl halides is 1. The van der Waals surface area contributed by atoms with Gasteiger partial charge < -0.3 is 5.32 Å². The minimum atomic E-state index is -0.283. The first kappa shape index (κ1) is 11.6. The number of hydrogen-bond donors (Lipinski definition) is 1. The molecule has 1 nitrogen and oxygen atoms in total. The van der Waals surface area contributed by atoms with Crippen LogP contribution < -0.4 is 5.32 Å². The Labute approximate surface area is 97.1 Å². The maximum atomic E-state index is 12.4. The Morgan fingerprint density at radius 3 is 2.38 bits per heavy atom. The number of hydrogen-bond acceptors (Lipinski definition) is 1. The molecule has 16 heavy (non-hydrogen) atoms. The zero-order valence-electron chi connectivity index (χ0n) is 9.71. The van der Waals surface area contributed by atoms with Gasteiger partial charge in [0.25, 0.3) is 0 Å². The van der Waals surface area contributed by atoms with Crippen LogP contribution in [0.5, 0.6) is 0 Å². The molecule has 1 aromatic carbocycles. The smallest absolute Gasteiger partial charge is 0.102 e. The van der Waals surface area contributed by atoms with Gasteiger partial charge in [-0.25, -0.2) is 4.39 Å². The van der Waals surface area contributed by atoms with Gasteiger partial charge in [0, 0.05) is 12.1 Å². The van der Waals surface area contributed by atoms with Gasteiger partial charge in [0.15, 0.2) is 0 Å². The third-order valence-electron chi connectivity index (χ3n) is 3.59. The van der Waals surface area contributed by atoms with E-state index in [2.05, 4.69) is 29.6 Å². The average Bonchev–Trinajstić information content (AvgIpc) is 2.38. The molecular weight excluding hydrogens is 201 g/mol. The molecule has 0 bridgehead atoms. The Hall–Kier alpha value is -0.890. The minimum Gasteiger partial charge on any atom is -0.305 e. The van der Waals surface area contributed by atoms with Crippen molar-refractivity contribution >= 4 is 0 Å². The van der Waals surface area contributed by atoms with E-state index in [-0.39, 0.29) is 12.2 Å². The predicted octanol–water partition coefficient (Wildman–Crippen LogP) is 3.41. The Morgan fingerprint density at radius 2 is 1.75 bits per heavy atom. The Kier molecular flexibility index (Phi) is 3.94. The van der Waals surface area contributed by atoms with E-state index >= 15 is 0 Å². The zero-order valence-corrected chi connectivity index (χ0v) is 9.71. The summed E-state index contributed by atoms with van der Waals surface area (Å²) in [7, 11) is 0. The van der Waals surface area contributed by atoms with Crippen molar-refractivity contribution in [2.24, 2.45) is 0 Å². The third-order valence-corrected chi connectivity index (χ3v) is 3.59. The lowest BCUT2D eigenvalue weighted by atomic mass is 9.76. The van der Waals surface area contributed by atoms with Crippen LogP contribution in [0.3, 0.4) is 0 Å². The molecule has 1 aliphatic rings. The SMILES string of the molecule is FCCNC1(c2ccccc2)CCCCC1. The van der Waals surface area contributed by atoms with Crippen molar-refractivity contribution in [2.45, 2.75) is 37.6 Å². The van der Waals surface area contributed by atoms with Crippen molar-refractivity contribution < 1.29 is 4.39 Å². The Morgan fingerprint density at radius 1 is 1.06 bits per heavy atom. The van der Waals surface area contributed by atoms with Crippen LogP contribution in [0.1, 0.15) is 37.7 Å². The molecule has 0 unspecified atom stereocenters. The van der Waals surface area contributed by atoms with E-state index in [9.17, 15) is 4.39 Å². The number of halogens is 1. The molecule has 0 aliphatic heterocycles. The van der Waals surface area contributed by atoms with E-state index in [0.717, 1.165) is 12.8 Å². The van der Waals surface area contributed by atoms with Gasteiger partial charge in [0.1, 0.15) is 6.67 Å². The van der Waals surface area contributed by atoms with Gasteiger partial charge in [-0.1, -0.05) is 49.6 Å². The number of benzene rings is 1. The molecular formula is C14H20FN. The maximum absolute atomic E-state index is 12.4. The van der Waals surface area contributed by atoms with Crippen LogP contribution in [0.4, 0.5) is 4.39 Å². The molecule has 0 amide bonds. The lowest BCUT2D eigenvalue weighted by Gasteiger charge is -2.38. The molecule has 1 aromatic rings. The van der Waals surface area contributed by atoms with Crippen LogP contribution >= 0.6 is 0 Å². The van der Waals surface area contributed by atoms with Crippen LogP contribution in [0.2, 0.25) is 0 Å². The van der Waals surface area contributed by atoms with Crippen molar-refractivity contribution in [3.63, 3.8) is 0 Å². The van der Waals surface area contributed by atoms with Crippen LogP contribution in [-0.2, 0) is 5.54 Å². The molecule has 0 saturated heterocycles. The van der Waals surface area contributed by atoms with E-state index in [1.165, 1.54) is 24.8 Å². The largest absolute Gasteiger partial charge is 0.305 e. The van der Waals surface area contributed by atoms with Crippen LogP contribution in [-0.4, -0.2) is 13.2 Å². The molecule has 2 rings (SSSR count). The quantitative estimate of drug-likeness (QED) is 0.821. The molecule has 0 heterocycles. The fourth-order valence-corrected chi connectivity index (χ4v) is 2.77. The van der Waals surface area contributed by atoms with Crippen LogP contribution in [0, 0.1) is 0 Å². The number of nitrogens with one attached hydrogen (secondary N) is 1. The summed E-state index contributed by atoms with van der Waals surface area (Å²) in [5.41, 5.74) is 1.36. The lowest BCUT2D eigenvalue weighted by Crippen LogP contribution is -2.44. The van der Waals surface area contributed by atoms with E-state index in [4.69, 9.17) is 0 Å². The zero-order chi connectivity index (χ0) is 11.3. The normalized spacial score (nSPS) is 19.6. The monoisotopic (exact) mass is 221 g/mol. The van der Waals surface area contributed by atoms with Crippen molar-refractivity contribution in [3.05, 3.63) is 35.9 Å². The molecule has 1 fully saturated rings. The second-order valence-electron chi connectivity index (χ2n) is 4.62. The highest BCUT2D eigenvalue weighted by atomic mass is 19.1. The average molecular weight is 221 g/mol. The summed E-state index contributed by atoms with van der Waals surface area (Å²) >= 11 is 0. The highest BCUT2D eigenvalue weighted by Crippen LogP contribution is 2.36. The first-order valence-electron chi connectivity index (χ1n) is 6.24. The second-order valence-corrected chi connectivity index (χ2v) is 4.62. The van der Waals surface area contributed by atoms with E-state index in [1.54, 1.807) is 0 Å². The molecule has 0 spiro atoms.